The molecule has 0 saturated carbocycles. The summed E-state index contributed by atoms with van der Waals surface area (Å²) in [4.78, 5) is 0.916. The van der Waals surface area contributed by atoms with Crippen LogP contribution < -0.4 is 5.32 Å². The summed E-state index contributed by atoms with van der Waals surface area (Å²) in [6.07, 6.45) is 1.61. The molecule has 0 aliphatic carbocycles. The van der Waals surface area contributed by atoms with Gasteiger partial charge >= 0.3 is 0 Å². The average Bonchev–Trinajstić information content (AvgIpc) is 2.53. The number of hydrogen-bond acceptors (Lipinski definition) is 2. The minimum atomic E-state index is -1.10. The SMILES string of the molecule is Cc1ccsc1C1(F)CCCNC1. The fourth-order valence-corrected chi connectivity index (χ4v) is 2.94. The Morgan fingerprint density at radius 1 is 1.62 bits per heavy atom. The molecule has 0 bridgehead atoms. The van der Waals surface area contributed by atoms with Crippen LogP contribution in [-0.2, 0) is 5.67 Å². The number of alkyl halides is 1. The van der Waals surface area contributed by atoms with Crippen molar-refractivity contribution in [2.75, 3.05) is 13.1 Å². The first-order chi connectivity index (χ1) is 6.22. The van der Waals surface area contributed by atoms with Gasteiger partial charge in [0.15, 0.2) is 5.67 Å². The standard InChI is InChI=1S/C10H14FNS/c1-8-3-6-13-9(8)10(11)4-2-5-12-7-10/h3,6,12H,2,4-5,7H2,1H3. The van der Waals surface area contributed by atoms with E-state index >= 15 is 0 Å². The van der Waals surface area contributed by atoms with Crippen molar-refractivity contribution in [2.24, 2.45) is 0 Å². The third-order valence-corrected chi connectivity index (χ3v) is 3.80. The molecule has 0 aromatic carbocycles. The Morgan fingerprint density at radius 3 is 3.00 bits per heavy atom. The maximum absolute atomic E-state index is 14.3. The van der Waals surface area contributed by atoms with Crippen molar-refractivity contribution in [3.05, 3.63) is 21.9 Å². The molecule has 1 unspecified atom stereocenters. The lowest BCUT2D eigenvalue weighted by atomic mass is 9.92. The van der Waals surface area contributed by atoms with Gasteiger partial charge in [-0.3, -0.25) is 0 Å². The van der Waals surface area contributed by atoms with E-state index in [0.29, 0.717) is 13.0 Å². The van der Waals surface area contributed by atoms with Gasteiger partial charge in [0.25, 0.3) is 0 Å². The fraction of sp³-hybridized carbons (Fsp3) is 0.600. The Hall–Kier alpha value is -0.410. The third-order valence-electron chi connectivity index (χ3n) is 2.60. The quantitative estimate of drug-likeness (QED) is 0.733. The maximum atomic E-state index is 14.3. The normalized spacial score (nSPS) is 29.1. The Bertz CT molecular complexity index is 289. The second-order valence-electron chi connectivity index (χ2n) is 3.68. The molecule has 2 rings (SSSR count). The Morgan fingerprint density at radius 2 is 2.46 bits per heavy atom. The lowest BCUT2D eigenvalue weighted by molar-refractivity contribution is 0.125. The summed E-state index contributed by atoms with van der Waals surface area (Å²) in [6, 6.07) is 2.00. The topological polar surface area (TPSA) is 12.0 Å². The Balaban J connectivity index is 2.27. The van der Waals surface area contributed by atoms with E-state index in [0.717, 1.165) is 23.4 Å². The predicted octanol–water partition coefficient (Wildman–Crippen LogP) is 2.60. The van der Waals surface area contributed by atoms with Crippen molar-refractivity contribution in [1.29, 1.82) is 0 Å². The second-order valence-corrected chi connectivity index (χ2v) is 4.59. The number of nitrogens with one attached hydrogen (secondary N) is 1. The minimum Gasteiger partial charge on any atom is -0.313 e. The minimum absolute atomic E-state index is 0.481. The lowest BCUT2D eigenvalue weighted by Gasteiger charge is -2.29. The molecule has 0 radical (unpaired) electrons. The number of piperidine rings is 1. The molecule has 1 saturated heterocycles. The molecule has 1 fully saturated rings. The van der Waals surface area contributed by atoms with Crippen LogP contribution in [0.15, 0.2) is 11.4 Å². The first-order valence-corrected chi connectivity index (χ1v) is 5.54. The molecule has 0 amide bonds. The zero-order chi connectivity index (χ0) is 9.31. The highest BCUT2D eigenvalue weighted by molar-refractivity contribution is 7.10. The van der Waals surface area contributed by atoms with E-state index in [-0.39, 0.29) is 0 Å². The Labute approximate surface area is 82.0 Å². The van der Waals surface area contributed by atoms with Crippen molar-refractivity contribution in [1.82, 2.24) is 5.32 Å². The highest BCUT2D eigenvalue weighted by Crippen LogP contribution is 2.37. The van der Waals surface area contributed by atoms with E-state index in [1.165, 1.54) is 11.3 Å². The van der Waals surface area contributed by atoms with Gasteiger partial charge in [-0.05, 0) is 43.3 Å². The smallest absolute Gasteiger partial charge is 0.157 e. The fourth-order valence-electron chi connectivity index (χ4n) is 1.89. The summed E-state index contributed by atoms with van der Waals surface area (Å²) in [5.41, 5.74) is -0.00699. The van der Waals surface area contributed by atoms with Gasteiger partial charge in [0.05, 0.1) is 0 Å². The van der Waals surface area contributed by atoms with Crippen LogP contribution in [0.4, 0.5) is 4.39 Å². The molecule has 1 aliphatic heterocycles. The van der Waals surface area contributed by atoms with Crippen LogP contribution in [0.2, 0.25) is 0 Å². The summed E-state index contributed by atoms with van der Waals surface area (Å²) < 4.78 is 14.3. The van der Waals surface area contributed by atoms with Gasteiger partial charge in [-0.1, -0.05) is 0 Å². The average molecular weight is 199 g/mol. The van der Waals surface area contributed by atoms with Crippen LogP contribution in [0.5, 0.6) is 0 Å². The molecule has 13 heavy (non-hydrogen) atoms. The number of rotatable bonds is 1. The molecule has 1 aromatic rings. The van der Waals surface area contributed by atoms with Crippen molar-refractivity contribution in [3.8, 4) is 0 Å². The van der Waals surface area contributed by atoms with Gasteiger partial charge in [0.2, 0.25) is 0 Å². The molecule has 0 spiro atoms. The van der Waals surface area contributed by atoms with Crippen LogP contribution in [0.1, 0.15) is 23.3 Å². The van der Waals surface area contributed by atoms with Crippen LogP contribution in [0.25, 0.3) is 0 Å². The van der Waals surface area contributed by atoms with E-state index in [1.54, 1.807) is 0 Å². The van der Waals surface area contributed by atoms with Gasteiger partial charge in [-0.25, -0.2) is 4.39 Å². The highest BCUT2D eigenvalue weighted by atomic mass is 32.1. The summed E-state index contributed by atoms with van der Waals surface area (Å²) in [7, 11) is 0. The van der Waals surface area contributed by atoms with E-state index in [4.69, 9.17) is 0 Å². The zero-order valence-corrected chi connectivity index (χ0v) is 8.59. The molecule has 1 aromatic heterocycles. The maximum Gasteiger partial charge on any atom is 0.157 e. The summed E-state index contributed by atoms with van der Waals surface area (Å²) in [6.45, 7) is 3.42. The second kappa shape index (κ2) is 3.39. The monoisotopic (exact) mass is 199 g/mol. The molecule has 3 heteroatoms. The Kier molecular flexibility index (Phi) is 2.39. The van der Waals surface area contributed by atoms with E-state index in [9.17, 15) is 4.39 Å². The van der Waals surface area contributed by atoms with Crippen LogP contribution in [-0.4, -0.2) is 13.1 Å². The lowest BCUT2D eigenvalue weighted by Crippen LogP contribution is -2.39. The molecule has 1 aliphatic rings. The number of hydrogen-bond donors (Lipinski definition) is 1. The van der Waals surface area contributed by atoms with Gasteiger partial charge in [0, 0.05) is 11.4 Å². The van der Waals surface area contributed by atoms with Gasteiger partial charge < -0.3 is 5.32 Å². The number of halogens is 1. The predicted molar refractivity (Wildman–Crippen MR) is 53.9 cm³/mol. The number of aryl methyl sites for hydroxylation is 1. The first kappa shape index (κ1) is 9.16. The van der Waals surface area contributed by atoms with Crippen LogP contribution >= 0.6 is 11.3 Å². The molecule has 1 atom stereocenters. The third kappa shape index (κ3) is 1.63. The molecular formula is C10H14FNS. The largest absolute Gasteiger partial charge is 0.313 e. The molecule has 2 heterocycles. The molecule has 1 N–H and O–H groups in total. The molecular weight excluding hydrogens is 185 g/mol. The van der Waals surface area contributed by atoms with Gasteiger partial charge in [-0.15, -0.1) is 11.3 Å². The van der Waals surface area contributed by atoms with Crippen LogP contribution in [0.3, 0.4) is 0 Å². The zero-order valence-electron chi connectivity index (χ0n) is 7.77. The van der Waals surface area contributed by atoms with Gasteiger partial charge in [0.1, 0.15) is 0 Å². The molecule has 72 valence electrons. The van der Waals surface area contributed by atoms with Crippen LogP contribution in [0, 0.1) is 6.92 Å². The number of thiophene rings is 1. The van der Waals surface area contributed by atoms with Crippen molar-refractivity contribution < 1.29 is 4.39 Å². The summed E-state index contributed by atoms with van der Waals surface area (Å²) in [5.74, 6) is 0. The van der Waals surface area contributed by atoms with Crippen molar-refractivity contribution in [2.45, 2.75) is 25.4 Å². The van der Waals surface area contributed by atoms with E-state index in [1.807, 2.05) is 18.4 Å². The van der Waals surface area contributed by atoms with E-state index < -0.39 is 5.67 Å². The van der Waals surface area contributed by atoms with Gasteiger partial charge in [-0.2, -0.15) is 0 Å². The summed E-state index contributed by atoms with van der Waals surface area (Å²) >= 11 is 1.54. The molecule has 1 nitrogen and oxygen atoms in total. The van der Waals surface area contributed by atoms with E-state index in [2.05, 4.69) is 5.32 Å². The first-order valence-electron chi connectivity index (χ1n) is 4.67. The van der Waals surface area contributed by atoms with Crippen molar-refractivity contribution >= 4 is 11.3 Å². The summed E-state index contributed by atoms with van der Waals surface area (Å²) in [5, 5.41) is 5.10. The van der Waals surface area contributed by atoms with Crippen molar-refractivity contribution in [3.63, 3.8) is 0 Å². The highest BCUT2D eigenvalue weighted by Gasteiger charge is 2.35.